The fraction of sp³-hybridized carbons (Fsp3) is 0.700. The Hall–Kier alpha value is -0.250. The Kier molecular flexibility index (Phi) is 5.72. The fourth-order valence-electron chi connectivity index (χ4n) is 1.33. The smallest absolute Gasteiger partial charge is 0.252 e. The van der Waals surface area contributed by atoms with Crippen LogP contribution in [0.25, 0.3) is 0 Å². The summed E-state index contributed by atoms with van der Waals surface area (Å²) in [4.78, 5) is 3.85. The Balaban J connectivity index is 2.73. The van der Waals surface area contributed by atoms with Crippen LogP contribution in [0.2, 0.25) is 4.47 Å². The lowest BCUT2D eigenvalue weighted by Gasteiger charge is -2.22. The first-order chi connectivity index (χ1) is 8.68. The molecule has 1 atom stereocenters. The highest BCUT2D eigenvalue weighted by Gasteiger charge is 2.26. The van der Waals surface area contributed by atoms with E-state index in [0.29, 0.717) is 18.7 Å². The van der Waals surface area contributed by atoms with Crippen LogP contribution in [-0.2, 0) is 14.8 Å². The molecule has 0 radical (unpaired) electrons. The molecule has 1 unspecified atom stereocenters. The standard InChI is InChI=1S/C10H17ClN2O4S2/c1-7-8(18-9(11)13-7)19(15,16)12-6-10(2,14)4-5-17-3/h12,14H,4-6H2,1-3H3. The van der Waals surface area contributed by atoms with Gasteiger partial charge < -0.3 is 9.84 Å². The van der Waals surface area contributed by atoms with Crippen LogP contribution < -0.4 is 4.72 Å². The van der Waals surface area contributed by atoms with Crippen molar-refractivity contribution < 1.29 is 18.3 Å². The minimum absolute atomic E-state index is 0.0695. The van der Waals surface area contributed by atoms with E-state index in [0.717, 1.165) is 11.3 Å². The van der Waals surface area contributed by atoms with E-state index in [-0.39, 0.29) is 15.2 Å². The van der Waals surface area contributed by atoms with Gasteiger partial charge in [0.05, 0.1) is 11.3 Å². The van der Waals surface area contributed by atoms with Gasteiger partial charge in [0.25, 0.3) is 10.0 Å². The Morgan fingerprint density at radius 1 is 1.58 bits per heavy atom. The molecule has 1 heterocycles. The van der Waals surface area contributed by atoms with Crippen LogP contribution in [0.5, 0.6) is 0 Å². The third-order valence-electron chi connectivity index (χ3n) is 2.46. The second kappa shape index (κ2) is 6.47. The number of aliphatic hydroxyl groups is 1. The van der Waals surface area contributed by atoms with E-state index < -0.39 is 15.6 Å². The topological polar surface area (TPSA) is 88.5 Å². The number of aromatic nitrogens is 1. The van der Waals surface area contributed by atoms with Gasteiger partial charge in [-0.25, -0.2) is 18.1 Å². The predicted octanol–water partition coefficient (Wildman–Crippen LogP) is 1.17. The number of aryl methyl sites for hydroxylation is 1. The summed E-state index contributed by atoms with van der Waals surface area (Å²) < 4.78 is 31.5. The normalized spacial score (nSPS) is 15.4. The number of hydrogen-bond acceptors (Lipinski definition) is 6. The molecule has 1 aromatic rings. The Morgan fingerprint density at radius 2 is 2.21 bits per heavy atom. The Morgan fingerprint density at radius 3 is 2.68 bits per heavy atom. The van der Waals surface area contributed by atoms with Crippen molar-refractivity contribution in [3.05, 3.63) is 10.2 Å². The maximum atomic E-state index is 12.0. The van der Waals surface area contributed by atoms with E-state index in [9.17, 15) is 13.5 Å². The van der Waals surface area contributed by atoms with Crippen molar-refractivity contribution in [1.82, 2.24) is 9.71 Å². The van der Waals surface area contributed by atoms with Crippen molar-refractivity contribution in [1.29, 1.82) is 0 Å². The molecule has 110 valence electrons. The minimum Gasteiger partial charge on any atom is -0.389 e. The average Bonchev–Trinajstić information content (AvgIpc) is 2.65. The predicted molar refractivity (Wildman–Crippen MR) is 74.2 cm³/mol. The van der Waals surface area contributed by atoms with Gasteiger partial charge in [0.2, 0.25) is 0 Å². The zero-order valence-corrected chi connectivity index (χ0v) is 13.3. The lowest BCUT2D eigenvalue weighted by Crippen LogP contribution is -2.41. The molecular weight excluding hydrogens is 312 g/mol. The molecule has 0 aliphatic carbocycles. The molecule has 0 amide bonds. The quantitative estimate of drug-likeness (QED) is 0.784. The number of halogens is 1. The second-order valence-corrected chi connectivity index (χ2v) is 7.95. The lowest BCUT2D eigenvalue weighted by atomic mass is 10.0. The molecule has 2 N–H and O–H groups in total. The molecule has 0 aliphatic rings. The SMILES string of the molecule is COCCC(C)(O)CNS(=O)(=O)c1sc(Cl)nc1C. The molecule has 0 fully saturated rings. The third-order valence-corrected chi connectivity index (χ3v) is 5.73. The highest BCUT2D eigenvalue weighted by molar-refractivity contribution is 7.91. The molecule has 0 saturated carbocycles. The summed E-state index contributed by atoms with van der Waals surface area (Å²) in [5, 5.41) is 9.99. The summed E-state index contributed by atoms with van der Waals surface area (Å²) in [6.45, 7) is 3.36. The number of sulfonamides is 1. The summed E-state index contributed by atoms with van der Waals surface area (Å²) in [6, 6.07) is 0. The second-order valence-electron chi connectivity index (χ2n) is 4.40. The van der Waals surface area contributed by atoms with Gasteiger partial charge in [-0.3, -0.25) is 0 Å². The molecule has 1 aromatic heterocycles. The number of methoxy groups -OCH3 is 1. The van der Waals surface area contributed by atoms with Gasteiger partial charge in [-0.05, 0) is 13.8 Å². The summed E-state index contributed by atoms with van der Waals surface area (Å²) in [7, 11) is -2.19. The zero-order valence-electron chi connectivity index (χ0n) is 10.9. The first-order valence-corrected chi connectivity index (χ1v) is 8.19. The number of rotatable bonds is 7. The molecule has 1 rings (SSSR count). The van der Waals surface area contributed by atoms with Gasteiger partial charge in [-0.15, -0.1) is 0 Å². The van der Waals surface area contributed by atoms with E-state index in [4.69, 9.17) is 16.3 Å². The van der Waals surface area contributed by atoms with E-state index >= 15 is 0 Å². The summed E-state index contributed by atoms with van der Waals surface area (Å²) in [5.41, 5.74) is -0.829. The van der Waals surface area contributed by atoms with Crippen LogP contribution in [0, 0.1) is 6.92 Å². The largest absolute Gasteiger partial charge is 0.389 e. The minimum atomic E-state index is -3.71. The van der Waals surface area contributed by atoms with Crippen molar-refractivity contribution >= 4 is 33.0 Å². The third kappa shape index (κ3) is 4.97. The summed E-state index contributed by atoms with van der Waals surface area (Å²) in [5.74, 6) is 0. The molecule has 0 saturated heterocycles. The van der Waals surface area contributed by atoms with Gasteiger partial charge in [-0.1, -0.05) is 22.9 Å². The molecule has 0 aliphatic heterocycles. The summed E-state index contributed by atoms with van der Waals surface area (Å²) >= 11 is 6.57. The van der Waals surface area contributed by atoms with Gasteiger partial charge in [0.1, 0.15) is 0 Å². The van der Waals surface area contributed by atoms with Crippen LogP contribution in [-0.4, -0.2) is 44.4 Å². The fourth-order valence-corrected chi connectivity index (χ4v) is 4.27. The van der Waals surface area contributed by atoms with Gasteiger partial charge >= 0.3 is 0 Å². The molecule has 19 heavy (non-hydrogen) atoms. The first kappa shape index (κ1) is 16.8. The number of nitrogens with one attached hydrogen (secondary N) is 1. The Labute approximate surface area is 121 Å². The van der Waals surface area contributed by atoms with Gasteiger partial charge in [-0.2, -0.15) is 0 Å². The van der Waals surface area contributed by atoms with E-state index in [1.165, 1.54) is 7.11 Å². The maximum absolute atomic E-state index is 12.0. The maximum Gasteiger partial charge on any atom is 0.252 e. The van der Waals surface area contributed by atoms with Crippen LogP contribution in [0.3, 0.4) is 0 Å². The van der Waals surface area contributed by atoms with Crippen LogP contribution in [0.1, 0.15) is 19.0 Å². The molecular formula is C10H17ClN2O4S2. The number of thiazole rings is 1. The van der Waals surface area contributed by atoms with Crippen LogP contribution in [0.15, 0.2) is 4.21 Å². The number of hydrogen-bond donors (Lipinski definition) is 2. The van der Waals surface area contributed by atoms with Gasteiger partial charge in [0, 0.05) is 26.7 Å². The number of ether oxygens (including phenoxy) is 1. The van der Waals surface area contributed by atoms with Crippen molar-refractivity contribution in [2.24, 2.45) is 0 Å². The van der Waals surface area contributed by atoms with E-state index in [1.807, 2.05) is 0 Å². The highest BCUT2D eigenvalue weighted by Crippen LogP contribution is 2.26. The molecule has 0 spiro atoms. The highest BCUT2D eigenvalue weighted by atomic mass is 35.5. The van der Waals surface area contributed by atoms with E-state index in [1.54, 1.807) is 13.8 Å². The van der Waals surface area contributed by atoms with Crippen LogP contribution >= 0.6 is 22.9 Å². The van der Waals surface area contributed by atoms with E-state index in [2.05, 4.69) is 9.71 Å². The number of nitrogens with zero attached hydrogens (tertiary/aromatic N) is 1. The molecule has 0 bridgehead atoms. The zero-order chi connectivity index (χ0) is 14.7. The van der Waals surface area contributed by atoms with Crippen molar-refractivity contribution in [3.8, 4) is 0 Å². The van der Waals surface area contributed by atoms with Crippen molar-refractivity contribution in [2.75, 3.05) is 20.3 Å². The van der Waals surface area contributed by atoms with Crippen molar-refractivity contribution in [3.63, 3.8) is 0 Å². The monoisotopic (exact) mass is 328 g/mol. The summed E-state index contributed by atoms with van der Waals surface area (Å²) in [6.07, 6.45) is 0.328. The molecule has 9 heteroatoms. The first-order valence-electron chi connectivity index (χ1n) is 5.52. The molecule has 6 nitrogen and oxygen atoms in total. The Bertz CT molecular complexity index is 528. The molecule has 0 aromatic carbocycles. The lowest BCUT2D eigenvalue weighted by molar-refractivity contribution is 0.0292. The average molecular weight is 329 g/mol. The van der Waals surface area contributed by atoms with Crippen LogP contribution in [0.4, 0.5) is 0 Å². The van der Waals surface area contributed by atoms with Gasteiger partial charge in [0.15, 0.2) is 8.68 Å². The van der Waals surface area contributed by atoms with Crippen molar-refractivity contribution in [2.45, 2.75) is 30.1 Å².